The zero-order valence-corrected chi connectivity index (χ0v) is 15.1. The molecule has 3 rings (SSSR count). The number of rotatable bonds is 8. The maximum absolute atomic E-state index is 5.88. The topological polar surface area (TPSA) is 39.7 Å². The first-order chi connectivity index (χ1) is 12.2. The monoisotopic (exact) mass is 341 g/mol. The quantitative estimate of drug-likeness (QED) is 0.792. The van der Waals surface area contributed by atoms with Gasteiger partial charge in [0.1, 0.15) is 6.61 Å². The molecule has 4 heteroatoms. The van der Waals surface area contributed by atoms with Crippen LogP contribution in [0.25, 0.3) is 0 Å². The van der Waals surface area contributed by atoms with Gasteiger partial charge < -0.3 is 19.5 Å². The molecular formula is C21H27NO3. The average molecular weight is 341 g/mol. The summed E-state index contributed by atoms with van der Waals surface area (Å²) in [6, 6.07) is 14.7. The summed E-state index contributed by atoms with van der Waals surface area (Å²) < 4.78 is 17.0. The summed E-state index contributed by atoms with van der Waals surface area (Å²) in [6.07, 6.45) is 2.40. The Kier molecular flexibility index (Phi) is 6.31. The molecule has 0 amide bonds. The Labute approximate surface area is 150 Å². The number of hydrogen-bond donors (Lipinski definition) is 1. The van der Waals surface area contributed by atoms with Crippen molar-refractivity contribution in [2.75, 3.05) is 20.3 Å². The number of hydrogen-bond acceptors (Lipinski definition) is 4. The van der Waals surface area contributed by atoms with E-state index in [9.17, 15) is 0 Å². The molecule has 1 N–H and O–H groups in total. The Bertz CT molecular complexity index is 663. The Morgan fingerprint density at radius 3 is 2.52 bits per heavy atom. The number of methoxy groups -OCH3 is 1. The summed E-state index contributed by atoms with van der Waals surface area (Å²) in [4.78, 5) is 0. The van der Waals surface area contributed by atoms with E-state index in [0.717, 1.165) is 44.0 Å². The summed E-state index contributed by atoms with van der Waals surface area (Å²) >= 11 is 0. The van der Waals surface area contributed by atoms with Gasteiger partial charge in [-0.05, 0) is 43.0 Å². The van der Waals surface area contributed by atoms with Gasteiger partial charge in [0.25, 0.3) is 0 Å². The van der Waals surface area contributed by atoms with Gasteiger partial charge >= 0.3 is 0 Å². The molecule has 2 aromatic carbocycles. The van der Waals surface area contributed by atoms with E-state index < -0.39 is 0 Å². The highest BCUT2D eigenvalue weighted by molar-refractivity contribution is 5.43. The number of ether oxygens (including phenoxy) is 3. The van der Waals surface area contributed by atoms with Gasteiger partial charge in [0.2, 0.25) is 0 Å². The van der Waals surface area contributed by atoms with Crippen molar-refractivity contribution in [3.8, 4) is 11.5 Å². The van der Waals surface area contributed by atoms with Crippen LogP contribution in [0.3, 0.4) is 0 Å². The molecule has 0 radical (unpaired) electrons. The van der Waals surface area contributed by atoms with Gasteiger partial charge in [-0.15, -0.1) is 0 Å². The maximum atomic E-state index is 5.88. The van der Waals surface area contributed by atoms with Gasteiger partial charge in [0.15, 0.2) is 11.5 Å². The zero-order chi connectivity index (χ0) is 17.5. The summed E-state index contributed by atoms with van der Waals surface area (Å²) in [5.74, 6) is 1.55. The van der Waals surface area contributed by atoms with Crippen LogP contribution in [-0.2, 0) is 17.8 Å². The second-order valence-electron chi connectivity index (χ2n) is 6.52. The van der Waals surface area contributed by atoms with Gasteiger partial charge in [-0.25, -0.2) is 0 Å². The van der Waals surface area contributed by atoms with E-state index in [4.69, 9.17) is 14.2 Å². The van der Waals surface area contributed by atoms with Crippen LogP contribution in [0.1, 0.15) is 29.5 Å². The average Bonchev–Trinajstić information content (AvgIpc) is 3.15. The lowest BCUT2D eigenvalue weighted by molar-refractivity contribution is 0.0669. The molecule has 2 aromatic rings. The van der Waals surface area contributed by atoms with Crippen LogP contribution < -0.4 is 14.8 Å². The van der Waals surface area contributed by atoms with Crippen LogP contribution in [-0.4, -0.2) is 26.4 Å². The van der Waals surface area contributed by atoms with Crippen molar-refractivity contribution in [1.82, 2.24) is 5.32 Å². The minimum atomic E-state index is 0.209. The molecule has 1 unspecified atom stereocenters. The predicted molar refractivity (Wildman–Crippen MR) is 99.2 cm³/mol. The van der Waals surface area contributed by atoms with Crippen molar-refractivity contribution in [3.63, 3.8) is 0 Å². The van der Waals surface area contributed by atoms with Crippen LogP contribution in [0.5, 0.6) is 11.5 Å². The van der Waals surface area contributed by atoms with Crippen LogP contribution in [0, 0.1) is 6.92 Å². The third-order valence-electron chi connectivity index (χ3n) is 4.46. The third-order valence-corrected chi connectivity index (χ3v) is 4.46. The molecule has 1 aliphatic heterocycles. The van der Waals surface area contributed by atoms with Gasteiger partial charge in [0.05, 0.1) is 13.2 Å². The Morgan fingerprint density at radius 2 is 1.80 bits per heavy atom. The molecule has 1 aliphatic rings. The molecule has 1 heterocycles. The highest BCUT2D eigenvalue weighted by Crippen LogP contribution is 2.29. The fourth-order valence-electron chi connectivity index (χ4n) is 2.96. The lowest BCUT2D eigenvalue weighted by atomic mass is 10.1. The lowest BCUT2D eigenvalue weighted by Crippen LogP contribution is -2.16. The molecule has 0 spiro atoms. The van der Waals surface area contributed by atoms with Gasteiger partial charge in [-0.3, -0.25) is 0 Å². The van der Waals surface area contributed by atoms with E-state index in [0.29, 0.717) is 6.61 Å². The van der Waals surface area contributed by atoms with E-state index in [2.05, 4.69) is 42.6 Å². The lowest BCUT2D eigenvalue weighted by Gasteiger charge is -2.15. The fraction of sp³-hybridized carbons (Fsp3) is 0.429. The van der Waals surface area contributed by atoms with Crippen LogP contribution in [0.4, 0.5) is 0 Å². The van der Waals surface area contributed by atoms with E-state index in [1.165, 1.54) is 16.7 Å². The summed E-state index contributed by atoms with van der Waals surface area (Å²) in [7, 11) is 1.68. The SMILES string of the molecule is COc1cc(CNCc2ccc(C)cc2)ccc1OCC1CCCO1. The molecule has 1 atom stereocenters. The zero-order valence-electron chi connectivity index (χ0n) is 15.1. The second-order valence-corrected chi connectivity index (χ2v) is 6.52. The summed E-state index contributed by atoms with van der Waals surface area (Å²) in [5.41, 5.74) is 3.74. The molecular weight excluding hydrogens is 314 g/mol. The molecule has 0 saturated carbocycles. The normalized spacial score (nSPS) is 16.8. The molecule has 4 nitrogen and oxygen atoms in total. The van der Waals surface area contributed by atoms with Crippen LogP contribution in [0.15, 0.2) is 42.5 Å². The molecule has 0 bridgehead atoms. The standard InChI is InChI=1S/C21H27NO3/c1-16-5-7-17(8-6-16)13-22-14-18-9-10-20(21(12-18)23-2)25-15-19-4-3-11-24-19/h5-10,12,19,22H,3-4,11,13-15H2,1-2H3. The molecule has 25 heavy (non-hydrogen) atoms. The van der Waals surface area contributed by atoms with Crippen molar-refractivity contribution in [2.24, 2.45) is 0 Å². The molecule has 0 aromatic heterocycles. The maximum Gasteiger partial charge on any atom is 0.161 e. The van der Waals surface area contributed by atoms with Crippen molar-refractivity contribution >= 4 is 0 Å². The van der Waals surface area contributed by atoms with E-state index >= 15 is 0 Å². The van der Waals surface area contributed by atoms with Crippen molar-refractivity contribution in [2.45, 2.75) is 39.0 Å². The molecule has 134 valence electrons. The van der Waals surface area contributed by atoms with E-state index in [1.54, 1.807) is 7.11 Å². The van der Waals surface area contributed by atoms with Crippen molar-refractivity contribution in [3.05, 3.63) is 59.2 Å². The smallest absolute Gasteiger partial charge is 0.161 e. The van der Waals surface area contributed by atoms with Crippen LogP contribution in [0.2, 0.25) is 0 Å². The first-order valence-electron chi connectivity index (χ1n) is 8.92. The minimum absolute atomic E-state index is 0.209. The highest BCUT2D eigenvalue weighted by Gasteiger charge is 2.17. The molecule has 0 aliphatic carbocycles. The van der Waals surface area contributed by atoms with Crippen LogP contribution >= 0.6 is 0 Å². The van der Waals surface area contributed by atoms with E-state index in [-0.39, 0.29) is 6.10 Å². The second kappa shape index (κ2) is 8.88. The molecule has 1 saturated heterocycles. The number of aryl methyl sites for hydroxylation is 1. The largest absolute Gasteiger partial charge is 0.493 e. The number of nitrogens with one attached hydrogen (secondary N) is 1. The Balaban J connectivity index is 1.52. The van der Waals surface area contributed by atoms with Crippen molar-refractivity contribution < 1.29 is 14.2 Å². The molecule has 1 fully saturated rings. The van der Waals surface area contributed by atoms with E-state index in [1.807, 2.05) is 12.1 Å². The van der Waals surface area contributed by atoms with Gasteiger partial charge in [0, 0.05) is 19.7 Å². The first-order valence-corrected chi connectivity index (χ1v) is 8.92. The highest BCUT2D eigenvalue weighted by atomic mass is 16.5. The van der Waals surface area contributed by atoms with Gasteiger partial charge in [-0.2, -0.15) is 0 Å². The fourth-order valence-corrected chi connectivity index (χ4v) is 2.96. The first kappa shape index (κ1) is 17.8. The summed E-state index contributed by atoms with van der Waals surface area (Å²) in [6.45, 7) is 5.17. The van der Waals surface area contributed by atoms with Gasteiger partial charge in [-0.1, -0.05) is 35.9 Å². The van der Waals surface area contributed by atoms with Crippen molar-refractivity contribution in [1.29, 1.82) is 0 Å². The predicted octanol–water partition coefficient (Wildman–Crippen LogP) is 3.85. The minimum Gasteiger partial charge on any atom is -0.493 e. The third kappa shape index (κ3) is 5.21. The summed E-state index contributed by atoms with van der Waals surface area (Å²) in [5, 5.41) is 3.47. The number of benzene rings is 2. The Morgan fingerprint density at radius 1 is 1.04 bits per heavy atom. The Hall–Kier alpha value is -2.04.